The lowest BCUT2D eigenvalue weighted by Crippen LogP contribution is -2.37. The highest BCUT2D eigenvalue weighted by Crippen LogP contribution is 2.59. The van der Waals surface area contributed by atoms with Gasteiger partial charge in [-0.15, -0.1) is 0 Å². The molecule has 54 heavy (non-hydrogen) atoms. The Kier molecular flexibility index (Phi) is 8.70. The van der Waals surface area contributed by atoms with Crippen LogP contribution < -0.4 is 19.1 Å². The monoisotopic (exact) mass is 713 g/mol. The predicted molar refractivity (Wildman–Crippen MR) is 220 cm³/mol. The van der Waals surface area contributed by atoms with Crippen molar-refractivity contribution in [2.45, 2.75) is 44.6 Å². The molecule has 0 bridgehead atoms. The zero-order valence-electron chi connectivity index (χ0n) is 31.7. The van der Waals surface area contributed by atoms with Gasteiger partial charge in [-0.2, -0.15) is 0 Å². The first-order valence-corrected chi connectivity index (χ1v) is 19.3. The van der Waals surface area contributed by atoms with Crippen LogP contribution in [0.4, 0.5) is 5.69 Å². The van der Waals surface area contributed by atoms with Crippen molar-refractivity contribution in [3.05, 3.63) is 149 Å². The number of anilines is 1. The number of morpholine rings is 1. The highest BCUT2D eigenvalue weighted by Gasteiger charge is 2.44. The average molecular weight is 714 g/mol. The summed E-state index contributed by atoms with van der Waals surface area (Å²) in [6, 6.07) is 41.4. The maximum absolute atomic E-state index is 7.61. The quantitative estimate of drug-likeness (QED) is 0.140. The van der Waals surface area contributed by atoms with Crippen molar-refractivity contribution in [1.29, 1.82) is 0 Å². The topological polar surface area (TPSA) is 40.2 Å². The van der Waals surface area contributed by atoms with Gasteiger partial charge in [0.2, 0.25) is 0 Å². The maximum Gasteiger partial charge on any atom is 0.178 e. The van der Waals surface area contributed by atoms with Crippen molar-refractivity contribution in [1.82, 2.24) is 0 Å². The van der Waals surface area contributed by atoms with E-state index < -0.39 is 5.60 Å². The summed E-state index contributed by atoms with van der Waals surface area (Å²) in [6.07, 6.45) is 6.73. The summed E-state index contributed by atoms with van der Waals surface area (Å²) in [5, 5.41) is 2.20. The molecule has 6 aromatic carbocycles. The lowest BCUT2D eigenvalue weighted by molar-refractivity contribution is 0.122. The fourth-order valence-electron chi connectivity index (χ4n) is 8.75. The molecule has 0 radical (unpaired) electrons. The lowest BCUT2D eigenvalue weighted by atomic mass is 9.76. The summed E-state index contributed by atoms with van der Waals surface area (Å²) in [5.74, 6) is 2.58. The Hall–Kier alpha value is -5.52. The van der Waals surface area contributed by atoms with Crippen LogP contribution in [0.25, 0.3) is 39.1 Å². The number of benzene rings is 6. The van der Waals surface area contributed by atoms with Crippen molar-refractivity contribution in [2.24, 2.45) is 0 Å². The second-order valence-electron chi connectivity index (χ2n) is 15.2. The molecule has 272 valence electrons. The van der Waals surface area contributed by atoms with Crippen LogP contribution in [0.2, 0.25) is 0 Å². The molecule has 1 saturated heterocycles. The van der Waals surface area contributed by atoms with E-state index in [1.54, 1.807) is 7.11 Å². The van der Waals surface area contributed by atoms with Gasteiger partial charge in [-0.05, 0) is 99.8 Å². The van der Waals surface area contributed by atoms with E-state index in [-0.39, 0.29) is 5.41 Å². The van der Waals surface area contributed by atoms with Gasteiger partial charge in [-0.1, -0.05) is 100.0 Å². The molecule has 5 nitrogen and oxygen atoms in total. The minimum absolute atomic E-state index is 0.290. The normalized spacial score (nSPS) is 18.1. The van der Waals surface area contributed by atoms with Crippen molar-refractivity contribution in [3.63, 3.8) is 0 Å². The highest BCUT2D eigenvalue weighted by molar-refractivity contribution is 6.09. The average Bonchev–Trinajstić information content (AvgIpc) is 3.47. The highest BCUT2D eigenvalue weighted by atomic mass is 16.5. The summed E-state index contributed by atoms with van der Waals surface area (Å²) < 4.78 is 25.2. The Morgan fingerprint density at radius 3 is 2.19 bits per heavy atom. The third-order valence-electron chi connectivity index (χ3n) is 11.7. The Morgan fingerprint density at radius 2 is 1.46 bits per heavy atom. The van der Waals surface area contributed by atoms with Crippen LogP contribution in [0, 0.1) is 0 Å². The lowest BCUT2D eigenvalue weighted by Gasteiger charge is -2.39. The molecule has 1 atom stereocenters. The summed E-state index contributed by atoms with van der Waals surface area (Å²) in [6.45, 7) is 10.9. The minimum Gasteiger partial charge on any atom is -0.497 e. The Bertz CT molecular complexity index is 2360. The molecule has 2 heterocycles. The van der Waals surface area contributed by atoms with Gasteiger partial charge >= 0.3 is 0 Å². The molecule has 2 aliphatic heterocycles. The largest absolute Gasteiger partial charge is 0.497 e. The molecule has 3 aliphatic rings. The molecule has 9 rings (SSSR count). The van der Waals surface area contributed by atoms with Gasteiger partial charge in [0, 0.05) is 46.3 Å². The van der Waals surface area contributed by atoms with Crippen molar-refractivity contribution < 1.29 is 18.9 Å². The molecule has 0 saturated carbocycles. The number of hydrogen-bond acceptors (Lipinski definition) is 5. The van der Waals surface area contributed by atoms with Gasteiger partial charge in [0.1, 0.15) is 17.2 Å². The Labute approximate surface area is 318 Å². The molecule has 1 aliphatic carbocycles. The van der Waals surface area contributed by atoms with E-state index in [0.717, 1.165) is 83.9 Å². The van der Waals surface area contributed by atoms with Gasteiger partial charge in [-0.25, -0.2) is 0 Å². The molecule has 1 fully saturated rings. The first kappa shape index (κ1) is 34.3. The standard InChI is InChI=1S/C49H47NO4/c1-5-6-28-53-38-19-15-36(16-20-38)49(35-13-17-37(18-14-35)50-26-29-52-30-27-50)25-24-42-46-45(43-32-39(51-4)21-23-40(43)47(42)54-49)41-22-12-34(31-44(41)48(46,2)3)33-10-8-7-9-11-33/h7-25,31-32H,5-6,26-30H2,1-4H3. The molecule has 0 N–H and O–H groups in total. The minimum atomic E-state index is -0.879. The van der Waals surface area contributed by atoms with Crippen molar-refractivity contribution in [2.75, 3.05) is 44.9 Å². The molecule has 0 amide bonds. The van der Waals surface area contributed by atoms with Crippen LogP contribution in [-0.2, 0) is 15.8 Å². The van der Waals surface area contributed by atoms with Gasteiger partial charge < -0.3 is 23.8 Å². The van der Waals surface area contributed by atoms with E-state index in [4.69, 9.17) is 18.9 Å². The number of rotatable bonds is 9. The smallest absolute Gasteiger partial charge is 0.178 e. The number of nitrogens with zero attached hydrogens (tertiary/aromatic N) is 1. The van der Waals surface area contributed by atoms with Gasteiger partial charge in [0.05, 0.1) is 26.9 Å². The SMILES string of the molecule is CCCCOc1ccc(C2(c3ccc(N4CCOCC4)cc3)C=Cc3c4c(c5cc(OC)ccc5c3O2)-c2ccc(-c3ccccc3)cc2C4(C)C)cc1. The van der Waals surface area contributed by atoms with E-state index in [0.29, 0.717) is 6.61 Å². The van der Waals surface area contributed by atoms with Gasteiger partial charge in [0.25, 0.3) is 0 Å². The molecule has 1 unspecified atom stereocenters. The van der Waals surface area contributed by atoms with Crippen LogP contribution in [0.1, 0.15) is 61.4 Å². The fraction of sp³-hybridized carbons (Fsp3) is 0.265. The van der Waals surface area contributed by atoms with E-state index in [2.05, 4.69) is 153 Å². The van der Waals surface area contributed by atoms with Crippen LogP contribution in [-0.4, -0.2) is 40.0 Å². The molecule has 6 aromatic rings. The van der Waals surface area contributed by atoms with Crippen molar-refractivity contribution in [3.8, 4) is 39.5 Å². The number of unbranched alkanes of at least 4 members (excludes halogenated alkanes) is 1. The fourth-order valence-corrected chi connectivity index (χ4v) is 8.75. The molecular weight excluding hydrogens is 667 g/mol. The third-order valence-corrected chi connectivity index (χ3v) is 11.7. The van der Waals surface area contributed by atoms with E-state index in [9.17, 15) is 0 Å². The molecule has 5 heteroatoms. The number of hydrogen-bond donors (Lipinski definition) is 0. The number of methoxy groups -OCH3 is 1. The second kappa shape index (κ2) is 13.7. The zero-order valence-corrected chi connectivity index (χ0v) is 31.7. The first-order chi connectivity index (χ1) is 26.4. The van der Waals surface area contributed by atoms with E-state index in [1.807, 2.05) is 0 Å². The number of fused-ring (bicyclic) bond motifs is 8. The first-order valence-electron chi connectivity index (χ1n) is 19.3. The van der Waals surface area contributed by atoms with E-state index >= 15 is 0 Å². The molecular formula is C49H47NO4. The summed E-state index contributed by atoms with van der Waals surface area (Å²) in [5.41, 5.74) is 10.8. The molecule has 0 aromatic heterocycles. The van der Waals surface area contributed by atoms with Crippen LogP contribution in [0.3, 0.4) is 0 Å². The van der Waals surface area contributed by atoms with Crippen molar-refractivity contribution >= 4 is 22.5 Å². The summed E-state index contributed by atoms with van der Waals surface area (Å²) in [4.78, 5) is 2.39. The second-order valence-corrected chi connectivity index (χ2v) is 15.2. The Morgan fingerprint density at radius 1 is 0.741 bits per heavy atom. The van der Waals surface area contributed by atoms with Crippen LogP contribution in [0.15, 0.2) is 121 Å². The Balaban J connectivity index is 1.22. The third kappa shape index (κ3) is 5.65. The van der Waals surface area contributed by atoms with E-state index in [1.165, 1.54) is 39.1 Å². The molecule has 0 spiro atoms. The van der Waals surface area contributed by atoms with Crippen LogP contribution in [0.5, 0.6) is 17.2 Å². The van der Waals surface area contributed by atoms with Gasteiger partial charge in [0.15, 0.2) is 5.60 Å². The van der Waals surface area contributed by atoms with Crippen LogP contribution >= 0.6 is 0 Å². The maximum atomic E-state index is 7.61. The summed E-state index contributed by atoms with van der Waals surface area (Å²) in [7, 11) is 1.74. The summed E-state index contributed by atoms with van der Waals surface area (Å²) >= 11 is 0. The van der Waals surface area contributed by atoms with Gasteiger partial charge in [-0.3, -0.25) is 0 Å². The zero-order chi connectivity index (χ0) is 36.9. The predicted octanol–water partition coefficient (Wildman–Crippen LogP) is 11.2. The number of ether oxygens (including phenoxy) is 4.